The van der Waals surface area contributed by atoms with Crippen LogP contribution in [0.3, 0.4) is 0 Å². The third-order valence-corrected chi connectivity index (χ3v) is 9.62. The summed E-state index contributed by atoms with van der Waals surface area (Å²) in [4.78, 5) is 21.2. The maximum Gasteiger partial charge on any atom is 0.256 e. The lowest BCUT2D eigenvalue weighted by Crippen LogP contribution is -2.70. The van der Waals surface area contributed by atoms with Crippen molar-refractivity contribution in [2.75, 3.05) is 18.4 Å². The van der Waals surface area contributed by atoms with Crippen LogP contribution in [0, 0.1) is 5.92 Å². The predicted molar refractivity (Wildman–Crippen MR) is 156 cm³/mol. The average molecular weight is 514 g/mol. The highest BCUT2D eigenvalue weighted by Crippen LogP contribution is 2.54. The first-order valence-electron chi connectivity index (χ1n) is 14.2. The lowest BCUT2D eigenvalue weighted by atomic mass is 9.66. The molecule has 1 N–H and O–H groups in total. The van der Waals surface area contributed by atoms with E-state index in [4.69, 9.17) is 4.74 Å². The molecule has 1 aromatic heterocycles. The fraction of sp³-hybridized carbons (Fsp3) is 0.294. The first-order chi connectivity index (χ1) is 19.1. The van der Waals surface area contributed by atoms with Crippen LogP contribution in [0.25, 0.3) is 32.4 Å². The molecule has 4 bridgehead atoms. The molecule has 5 heteroatoms. The van der Waals surface area contributed by atoms with Crippen LogP contribution in [0.5, 0.6) is 0 Å². The fourth-order valence-electron chi connectivity index (χ4n) is 7.67. The van der Waals surface area contributed by atoms with Gasteiger partial charge in [0.25, 0.3) is 5.91 Å². The molecule has 4 unspecified atom stereocenters. The number of carbonyl (C=O) groups excluding carboxylic acids is 1. The number of piperidine rings is 3. The average Bonchev–Trinajstić information content (AvgIpc) is 2.99. The molecule has 5 aromatic rings. The molecule has 5 fully saturated rings. The number of ether oxygens (including phenoxy) is 1. The van der Waals surface area contributed by atoms with Crippen molar-refractivity contribution in [3.05, 3.63) is 96.2 Å². The highest BCUT2D eigenvalue weighted by Gasteiger charge is 2.58. The molecule has 4 aromatic carbocycles. The van der Waals surface area contributed by atoms with Gasteiger partial charge in [0, 0.05) is 29.9 Å². The van der Waals surface area contributed by atoms with E-state index in [-0.39, 0.29) is 17.6 Å². The van der Waals surface area contributed by atoms with E-state index in [1.807, 2.05) is 54.7 Å². The van der Waals surface area contributed by atoms with Crippen molar-refractivity contribution in [3.8, 4) is 0 Å². The minimum absolute atomic E-state index is 0.0220. The summed E-state index contributed by atoms with van der Waals surface area (Å²) in [5, 5.41) is 8.31. The molecule has 5 aliphatic heterocycles. The molecule has 5 aliphatic rings. The van der Waals surface area contributed by atoms with Crippen LogP contribution < -0.4 is 5.32 Å². The summed E-state index contributed by atoms with van der Waals surface area (Å²) < 4.78 is 6.98. The second-order valence-electron chi connectivity index (χ2n) is 11.5. The summed E-state index contributed by atoms with van der Waals surface area (Å²) in [6, 6.07) is 26.9. The largest absolute Gasteiger partial charge is 0.364 e. The number of carbonyl (C=O) groups is 1. The maximum atomic E-state index is 13.9. The van der Waals surface area contributed by atoms with Gasteiger partial charge >= 0.3 is 0 Å². The van der Waals surface area contributed by atoms with Gasteiger partial charge in [0.2, 0.25) is 0 Å². The number of anilines is 1. The summed E-state index contributed by atoms with van der Waals surface area (Å²) in [5.41, 5.74) is 3.54. The SMILES string of the molecule is CCC12CN3CCC1CC3[C@H](c1ccnc3ccc(NC(=O)c4c5ccccc5cc5ccccc45)cc13)O2. The molecule has 1 amide bonds. The van der Waals surface area contributed by atoms with E-state index in [1.165, 1.54) is 24.9 Å². The van der Waals surface area contributed by atoms with Crippen molar-refractivity contribution in [2.24, 2.45) is 5.92 Å². The van der Waals surface area contributed by atoms with E-state index in [1.54, 1.807) is 0 Å². The summed E-state index contributed by atoms with van der Waals surface area (Å²) in [5.74, 6) is 0.557. The van der Waals surface area contributed by atoms with E-state index in [0.29, 0.717) is 17.5 Å². The molecule has 0 saturated carbocycles. The highest BCUT2D eigenvalue weighted by molar-refractivity contribution is 6.22. The summed E-state index contributed by atoms with van der Waals surface area (Å²) >= 11 is 0. The van der Waals surface area contributed by atoms with Gasteiger partial charge in [0.15, 0.2) is 0 Å². The second-order valence-corrected chi connectivity index (χ2v) is 11.5. The molecule has 5 saturated heterocycles. The predicted octanol–water partition coefficient (Wildman–Crippen LogP) is 7.11. The van der Waals surface area contributed by atoms with Crippen LogP contribution in [-0.4, -0.2) is 40.5 Å². The first kappa shape index (κ1) is 23.1. The zero-order chi connectivity index (χ0) is 26.1. The Kier molecular flexibility index (Phi) is 5.10. The van der Waals surface area contributed by atoms with Crippen molar-refractivity contribution < 1.29 is 9.53 Å². The third-order valence-electron chi connectivity index (χ3n) is 9.62. The minimum atomic E-state index is -0.103. The Morgan fingerprint density at radius 2 is 1.77 bits per heavy atom. The maximum absolute atomic E-state index is 13.9. The zero-order valence-corrected chi connectivity index (χ0v) is 22.1. The number of amides is 1. The zero-order valence-electron chi connectivity index (χ0n) is 22.1. The minimum Gasteiger partial charge on any atom is -0.364 e. The smallest absolute Gasteiger partial charge is 0.256 e. The van der Waals surface area contributed by atoms with E-state index in [9.17, 15) is 4.79 Å². The molecule has 10 rings (SSSR count). The van der Waals surface area contributed by atoms with Crippen LogP contribution in [0.15, 0.2) is 85.1 Å². The summed E-state index contributed by atoms with van der Waals surface area (Å²) in [6.07, 6.45) is 5.41. The van der Waals surface area contributed by atoms with Gasteiger partial charge in [-0.15, -0.1) is 0 Å². The Hall–Kier alpha value is -3.80. The number of rotatable bonds is 4. The number of hydrogen-bond acceptors (Lipinski definition) is 4. The van der Waals surface area contributed by atoms with Crippen LogP contribution in [0.1, 0.15) is 48.2 Å². The number of fused-ring (bicyclic) bond motifs is 5. The Bertz CT molecular complexity index is 1730. The van der Waals surface area contributed by atoms with Gasteiger partial charge in [-0.2, -0.15) is 0 Å². The standard InChI is InChI=1S/C34H31N3O2/c1-2-34-20-37-16-14-23(34)18-30(37)32(39-34)27-13-15-35-29-12-11-24(19-28(27)29)36-33(38)31-25-9-5-3-7-21(25)17-22-8-4-6-10-26(22)31/h3-13,15,17,19,23,30,32H,2,14,16,18,20H2,1H3,(H,36,38)/t23?,30?,32-,34?/m0/s1. The Labute approximate surface area is 227 Å². The number of nitrogens with one attached hydrogen (secondary N) is 1. The van der Waals surface area contributed by atoms with Crippen molar-refractivity contribution in [1.82, 2.24) is 9.88 Å². The highest BCUT2D eigenvalue weighted by atomic mass is 16.5. The summed E-state index contributed by atoms with van der Waals surface area (Å²) in [6.45, 7) is 4.49. The van der Waals surface area contributed by atoms with Crippen LogP contribution >= 0.6 is 0 Å². The van der Waals surface area contributed by atoms with Gasteiger partial charge < -0.3 is 10.1 Å². The number of aromatic nitrogens is 1. The van der Waals surface area contributed by atoms with Gasteiger partial charge in [-0.1, -0.05) is 55.5 Å². The molecular formula is C34H31N3O2. The topological polar surface area (TPSA) is 54.5 Å². The van der Waals surface area contributed by atoms with Crippen LogP contribution in [-0.2, 0) is 4.74 Å². The number of morpholine rings is 1. The lowest BCUT2D eigenvalue weighted by molar-refractivity contribution is -0.274. The number of hydrogen-bond donors (Lipinski definition) is 1. The van der Waals surface area contributed by atoms with Crippen molar-refractivity contribution in [3.63, 3.8) is 0 Å². The van der Waals surface area contributed by atoms with Crippen molar-refractivity contribution in [1.29, 1.82) is 0 Å². The molecule has 0 radical (unpaired) electrons. The molecule has 5 atom stereocenters. The second kappa shape index (κ2) is 8.60. The van der Waals surface area contributed by atoms with Crippen LogP contribution in [0.4, 0.5) is 5.69 Å². The third kappa shape index (κ3) is 3.46. The van der Waals surface area contributed by atoms with E-state index >= 15 is 0 Å². The monoisotopic (exact) mass is 513 g/mol. The van der Waals surface area contributed by atoms with Gasteiger partial charge in [0.05, 0.1) is 22.8 Å². The number of pyridine rings is 1. The van der Waals surface area contributed by atoms with Gasteiger partial charge in [0.1, 0.15) is 0 Å². The Morgan fingerprint density at radius 3 is 2.49 bits per heavy atom. The molecule has 5 nitrogen and oxygen atoms in total. The van der Waals surface area contributed by atoms with Crippen LogP contribution in [0.2, 0.25) is 0 Å². The number of nitrogens with zero attached hydrogens (tertiary/aromatic N) is 2. The van der Waals surface area contributed by atoms with Crippen molar-refractivity contribution >= 4 is 44.0 Å². The lowest BCUT2D eigenvalue weighted by Gasteiger charge is -2.64. The molecular weight excluding hydrogens is 482 g/mol. The fourth-order valence-corrected chi connectivity index (χ4v) is 7.67. The normalized spacial score (nSPS) is 27.4. The number of benzene rings is 4. The van der Waals surface area contributed by atoms with Gasteiger partial charge in [-0.25, -0.2) is 0 Å². The first-order valence-corrected chi connectivity index (χ1v) is 14.2. The summed E-state index contributed by atoms with van der Waals surface area (Å²) in [7, 11) is 0. The Balaban J connectivity index is 1.19. The van der Waals surface area contributed by atoms with Gasteiger partial charge in [-0.05, 0) is 89.2 Å². The van der Waals surface area contributed by atoms with Crippen molar-refractivity contribution in [2.45, 2.75) is 43.9 Å². The molecule has 0 spiro atoms. The molecule has 0 aliphatic carbocycles. The Morgan fingerprint density at radius 1 is 1.00 bits per heavy atom. The molecule has 6 heterocycles. The molecule has 194 valence electrons. The van der Waals surface area contributed by atoms with Gasteiger partial charge in [-0.3, -0.25) is 14.7 Å². The quantitative estimate of drug-likeness (QED) is 0.260. The van der Waals surface area contributed by atoms with E-state index < -0.39 is 0 Å². The molecule has 39 heavy (non-hydrogen) atoms. The van der Waals surface area contributed by atoms with E-state index in [2.05, 4.69) is 52.5 Å². The van der Waals surface area contributed by atoms with E-state index in [0.717, 1.165) is 51.1 Å².